The molecule has 0 bridgehead atoms. The molecule has 0 aliphatic carbocycles. The monoisotopic (exact) mass is 375 g/mol. The minimum Gasteiger partial charge on any atom is -0.496 e. The van der Waals surface area contributed by atoms with Gasteiger partial charge in [0.15, 0.2) is 0 Å². The quantitative estimate of drug-likeness (QED) is 0.741. The number of aromatic nitrogens is 4. The molecule has 1 heterocycles. The molecule has 0 saturated carbocycles. The Labute approximate surface area is 153 Å². The summed E-state index contributed by atoms with van der Waals surface area (Å²) in [5, 5.41) is 13.9. The largest absolute Gasteiger partial charge is 0.496 e. The van der Waals surface area contributed by atoms with E-state index in [1.807, 2.05) is 0 Å². The highest BCUT2D eigenvalue weighted by molar-refractivity contribution is 6.33. The van der Waals surface area contributed by atoms with Crippen molar-refractivity contribution in [3.8, 4) is 11.4 Å². The Hall–Kier alpha value is -3.00. The average Bonchev–Trinajstić information content (AvgIpc) is 3.16. The number of rotatable bonds is 5. The zero-order chi connectivity index (χ0) is 18.7. The number of hydrogen-bond donors (Lipinski definition) is 1. The summed E-state index contributed by atoms with van der Waals surface area (Å²) in [6, 6.07) is 7.74. The summed E-state index contributed by atoms with van der Waals surface area (Å²) in [7, 11) is 1.45. The molecular weight excluding hydrogens is 361 g/mol. The van der Waals surface area contributed by atoms with Gasteiger partial charge < -0.3 is 10.1 Å². The molecule has 0 fully saturated rings. The van der Waals surface area contributed by atoms with E-state index in [0.717, 1.165) is 5.56 Å². The minimum atomic E-state index is -0.367. The first-order valence-electron chi connectivity index (χ1n) is 7.63. The second kappa shape index (κ2) is 7.49. The van der Waals surface area contributed by atoms with Crippen LogP contribution in [0.3, 0.4) is 0 Å². The average molecular weight is 376 g/mol. The van der Waals surface area contributed by atoms with Crippen molar-refractivity contribution < 1.29 is 13.9 Å². The van der Waals surface area contributed by atoms with Crippen LogP contribution in [0.2, 0.25) is 5.02 Å². The van der Waals surface area contributed by atoms with Crippen LogP contribution < -0.4 is 10.1 Å². The number of ether oxygens (including phenoxy) is 1. The third kappa shape index (κ3) is 3.65. The van der Waals surface area contributed by atoms with E-state index in [1.165, 1.54) is 30.3 Å². The molecule has 3 rings (SSSR count). The molecule has 1 N–H and O–H groups in total. The number of carbonyl (C=O) groups is 1. The molecule has 2 aromatic carbocycles. The van der Waals surface area contributed by atoms with Gasteiger partial charge in [0.05, 0.1) is 23.4 Å². The molecule has 0 saturated heterocycles. The normalized spacial score (nSPS) is 10.6. The zero-order valence-corrected chi connectivity index (χ0v) is 14.8. The maximum absolute atomic E-state index is 13.3. The van der Waals surface area contributed by atoms with E-state index in [-0.39, 0.29) is 23.8 Å². The predicted molar refractivity (Wildman–Crippen MR) is 93.0 cm³/mol. The first-order chi connectivity index (χ1) is 12.5. The Kier molecular flexibility index (Phi) is 5.13. The Morgan fingerprint density at radius 3 is 2.81 bits per heavy atom. The Morgan fingerprint density at radius 2 is 2.15 bits per heavy atom. The molecule has 134 valence electrons. The molecule has 0 spiro atoms. The van der Waals surface area contributed by atoms with Gasteiger partial charge in [-0.2, -0.15) is 4.68 Å². The lowest BCUT2D eigenvalue weighted by Gasteiger charge is -2.13. The molecule has 9 heteroatoms. The van der Waals surface area contributed by atoms with Crippen molar-refractivity contribution in [3.63, 3.8) is 0 Å². The Balaban J connectivity index is 1.82. The number of amides is 1. The van der Waals surface area contributed by atoms with Crippen molar-refractivity contribution in [1.82, 2.24) is 25.5 Å². The summed E-state index contributed by atoms with van der Waals surface area (Å²) in [5.41, 5.74) is 2.06. The van der Waals surface area contributed by atoms with Crippen molar-refractivity contribution in [3.05, 3.63) is 64.2 Å². The number of halogens is 2. The van der Waals surface area contributed by atoms with Crippen LogP contribution in [0.1, 0.15) is 21.5 Å². The number of tetrazole rings is 1. The predicted octanol–water partition coefficient (Wildman–Crippen LogP) is 2.70. The minimum absolute atomic E-state index is 0.246. The van der Waals surface area contributed by atoms with E-state index in [2.05, 4.69) is 20.8 Å². The van der Waals surface area contributed by atoms with Gasteiger partial charge in [-0.25, -0.2) is 4.39 Å². The Bertz CT molecular complexity index is 947. The lowest BCUT2D eigenvalue weighted by atomic mass is 10.1. The molecule has 1 amide bonds. The zero-order valence-electron chi connectivity index (χ0n) is 14.0. The molecular formula is C17H15ClFN5O2. The van der Waals surface area contributed by atoms with Gasteiger partial charge in [-0.15, -0.1) is 5.10 Å². The molecule has 0 radical (unpaired) electrons. The van der Waals surface area contributed by atoms with Crippen LogP contribution in [-0.2, 0) is 6.54 Å². The lowest BCUT2D eigenvalue weighted by molar-refractivity contribution is 0.0948. The van der Waals surface area contributed by atoms with Crippen molar-refractivity contribution in [2.24, 2.45) is 0 Å². The van der Waals surface area contributed by atoms with Crippen LogP contribution in [0.4, 0.5) is 4.39 Å². The fourth-order valence-electron chi connectivity index (χ4n) is 2.43. The van der Waals surface area contributed by atoms with Crippen LogP contribution >= 0.6 is 11.6 Å². The van der Waals surface area contributed by atoms with E-state index in [4.69, 9.17) is 16.3 Å². The van der Waals surface area contributed by atoms with Crippen LogP contribution in [0.15, 0.2) is 36.7 Å². The molecule has 0 atom stereocenters. The van der Waals surface area contributed by atoms with E-state index < -0.39 is 0 Å². The van der Waals surface area contributed by atoms with E-state index >= 15 is 0 Å². The summed E-state index contributed by atoms with van der Waals surface area (Å²) in [6.45, 7) is 1.91. The van der Waals surface area contributed by atoms with Crippen molar-refractivity contribution in [1.29, 1.82) is 0 Å². The highest BCUT2D eigenvalue weighted by Crippen LogP contribution is 2.29. The first-order valence-corrected chi connectivity index (χ1v) is 8.01. The topological polar surface area (TPSA) is 81.9 Å². The molecule has 1 aromatic heterocycles. The Morgan fingerprint density at radius 1 is 1.35 bits per heavy atom. The molecule has 0 aliphatic rings. The van der Waals surface area contributed by atoms with E-state index in [1.54, 1.807) is 25.1 Å². The van der Waals surface area contributed by atoms with Crippen molar-refractivity contribution in [2.45, 2.75) is 13.5 Å². The van der Waals surface area contributed by atoms with Gasteiger partial charge in [0.2, 0.25) is 0 Å². The highest BCUT2D eigenvalue weighted by atomic mass is 35.5. The summed E-state index contributed by atoms with van der Waals surface area (Å²) in [4.78, 5) is 12.5. The highest BCUT2D eigenvalue weighted by Gasteiger charge is 2.17. The van der Waals surface area contributed by atoms with Crippen LogP contribution in [0.5, 0.6) is 5.75 Å². The molecule has 0 aliphatic heterocycles. The van der Waals surface area contributed by atoms with Gasteiger partial charge >= 0.3 is 0 Å². The van der Waals surface area contributed by atoms with Crippen molar-refractivity contribution >= 4 is 17.5 Å². The third-order valence-corrected chi connectivity index (χ3v) is 4.09. The van der Waals surface area contributed by atoms with Crippen LogP contribution in [-0.4, -0.2) is 33.2 Å². The number of hydrogen-bond acceptors (Lipinski definition) is 5. The number of aryl methyl sites for hydroxylation is 1. The molecule has 7 nitrogen and oxygen atoms in total. The number of nitrogens with one attached hydrogen (secondary N) is 1. The number of nitrogens with zero attached hydrogens (tertiary/aromatic N) is 4. The number of carbonyl (C=O) groups excluding carboxylic acids is 1. The number of benzene rings is 2. The van der Waals surface area contributed by atoms with Crippen LogP contribution in [0, 0.1) is 12.7 Å². The molecule has 26 heavy (non-hydrogen) atoms. The summed E-state index contributed by atoms with van der Waals surface area (Å²) in [5.74, 6) is -0.326. The second-order valence-electron chi connectivity index (χ2n) is 5.52. The summed E-state index contributed by atoms with van der Waals surface area (Å²) in [6.07, 6.45) is 1.39. The van der Waals surface area contributed by atoms with Gasteiger partial charge in [0.25, 0.3) is 5.91 Å². The van der Waals surface area contributed by atoms with Gasteiger partial charge in [-0.3, -0.25) is 4.79 Å². The fourth-order valence-corrected chi connectivity index (χ4v) is 2.68. The second-order valence-corrected chi connectivity index (χ2v) is 5.93. The fraction of sp³-hybridized carbons (Fsp3) is 0.176. The summed E-state index contributed by atoms with van der Waals surface area (Å²) >= 11 is 6.26. The van der Waals surface area contributed by atoms with E-state index in [0.29, 0.717) is 22.0 Å². The van der Waals surface area contributed by atoms with Gasteiger partial charge in [-0.05, 0) is 40.6 Å². The lowest BCUT2D eigenvalue weighted by Crippen LogP contribution is -2.23. The van der Waals surface area contributed by atoms with Gasteiger partial charge in [0, 0.05) is 12.6 Å². The van der Waals surface area contributed by atoms with Crippen molar-refractivity contribution in [2.75, 3.05) is 7.11 Å². The smallest absolute Gasteiger partial charge is 0.255 e. The molecule has 3 aromatic rings. The standard InChI is InChI=1S/C17H15ClFN5O2/c1-10-5-11(3-4-14(10)19)8-20-17(25)12-6-13(18)15(7-16(12)26-2)24-9-21-22-23-24/h3-7,9H,8H2,1-2H3,(H,20,25). The SMILES string of the molecule is COc1cc(-n2cnnn2)c(Cl)cc1C(=O)NCc1ccc(F)c(C)c1. The maximum Gasteiger partial charge on any atom is 0.255 e. The maximum atomic E-state index is 13.3. The van der Waals surface area contributed by atoms with E-state index in [9.17, 15) is 9.18 Å². The van der Waals surface area contributed by atoms with Crippen LogP contribution in [0.25, 0.3) is 5.69 Å². The summed E-state index contributed by atoms with van der Waals surface area (Å²) < 4.78 is 20.0. The number of methoxy groups -OCH3 is 1. The first kappa shape index (κ1) is 17.8. The third-order valence-electron chi connectivity index (χ3n) is 3.78. The molecule has 0 unspecified atom stereocenters. The van der Waals surface area contributed by atoms with Gasteiger partial charge in [0.1, 0.15) is 17.9 Å². The van der Waals surface area contributed by atoms with Gasteiger partial charge in [-0.1, -0.05) is 23.7 Å².